The number of nitrogens with one attached hydrogen (secondary N) is 1. The first-order chi connectivity index (χ1) is 13.3. The Hall–Kier alpha value is -2.23. The third-order valence-corrected chi connectivity index (χ3v) is 5.42. The second-order valence-electron chi connectivity index (χ2n) is 5.66. The van der Waals surface area contributed by atoms with Gasteiger partial charge >= 0.3 is 0 Å². The number of benzene rings is 2. The van der Waals surface area contributed by atoms with Crippen LogP contribution >= 0.6 is 44.1 Å². The Morgan fingerprint density at radius 3 is 2.29 bits per heavy atom. The number of methoxy groups -OCH3 is 2. The van der Waals surface area contributed by atoms with Crippen LogP contribution in [0.25, 0.3) is 6.08 Å². The number of anilines is 1. The third-order valence-electron chi connectivity index (χ3n) is 3.99. The number of thiocarbonyl (C=S) groups is 1. The van der Waals surface area contributed by atoms with Crippen LogP contribution in [0, 0.1) is 0 Å². The zero-order chi connectivity index (χ0) is 20.4. The van der Waals surface area contributed by atoms with Gasteiger partial charge in [-0.1, -0.05) is 15.9 Å². The molecular formula is C19H14Br2N2O4S. The molecule has 6 nitrogen and oxygen atoms in total. The topological polar surface area (TPSA) is 67.9 Å². The van der Waals surface area contributed by atoms with Gasteiger partial charge in [-0.25, -0.2) is 0 Å². The number of rotatable bonds is 4. The SMILES string of the molecule is COc1cc(OC)c(/C=C2\C(=O)NC(=S)N(c3ccc(Br)cc3)C2=O)cc1Br. The summed E-state index contributed by atoms with van der Waals surface area (Å²) in [6, 6.07) is 10.4. The second-order valence-corrected chi connectivity index (χ2v) is 7.82. The first-order valence-corrected chi connectivity index (χ1v) is 9.93. The van der Waals surface area contributed by atoms with Crippen molar-refractivity contribution in [2.75, 3.05) is 19.1 Å². The molecular weight excluding hydrogens is 512 g/mol. The number of amides is 2. The van der Waals surface area contributed by atoms with Gasteiger partial charge in [-0.3, -0.25) is 19.8 Å². The Balaban J connectivity index is 2.07. The molecule has 0 aliphatic carbocycles. The number of carbonyl (C=O) groups excluding carboxylic acids is 2. The van der Waals surface area contributed by atoms with Crippen molar-refractivity contribution in [3.63, 3.8) is 0 Å². The van der Waals surface area contributed by atoms with Crippen LogP contribution in [0.1, 0.15) is 5.56 Å². The highest BCUT2D eigenvalue weighted by Gasteiger charge is 2.34. The van der Waals surface area contributed by atoms with E-state index in [-0.39, 0.29) is 10.7 Å². The van der Waals surface area contributed by atoms with Crippen LogP contribution in [0.4, 0.5) is 5.69 Å². The highest BCUT2D eigenvalue weighted by Crippen LogP contribution is 2.34. The molecule has 1 aliphatic heterocycles. The summed E-state index contributed by atoms with van der Waals surface area (Å²) < 4.78 is 12.1. The quantitative estimate of drug-likeness (QED) is 0.370. The van der Waals surface area contributed by atoms with Gasteiger partial charge in [0.2, 0.25) is 0 Å². The lowest BCUT2D eigenvalue weighted by atomic mass is 10.1. The van der Waals surface area contributed by atoms with E-state index in [0.29, 0.717) is 27.2 Å². The molecule has 0 spiro atoms. The van der Waals surface area contributed by atoms with E-state index in [1.807, 2.05) is 0 Å². The maximum atomic E-state index is 13.1. The van der Waals surface area contributed by atoms with Gasteiger partial charge in [0.1, 0.15) is 17.1 Å². The summed E-state index contributed by atoms with van der Waals surface area (Å²) in [5, 5.41) is 2.58. The minimum atomic E-state index is -0.572. The summed E-state index contributed by atoms with van der Waals surface area (Å²) in [7, 11) is 3.03. The lowest BCUT2D eigenvalue weighted by Gasteiger charge is -2.29. The average Bonchev–Trinajstić information content (AvgIpc) is 2.66. The van der Waals surface area contributed by atoms with Gasteiger partial charge in [-0.05, 0) is 64.6 Å². The monoisotopic (exact) mass is 524 g/mol. The van der Waals surface area contributed by atoms with Crippen LogP contribution in [-0.2, 0) is 9.59 Å². The molecule has 0 radical (unpaired) electrons. The molecule has 3 rings (SSSR count). The maximum Gasteiger partial charge on any atom is 0.270 e. The average molecular weight is 526 g/mol. The van der Waals surface area contributed by atoms with E-state index >= 15 is 0 Å². The number of carbonyl (C=O) groups is 2. The predicted octanol–water partition coefficient (Wildman–Crippen LogP) is 4.06. The molecule has 1 heterocycles. The second kappa shape index (κ2) is 8.42. The van der Waals surface area contributed by atoms with Crippen molar-refractivity contribution in [3.05, 3.63) is 56.5 Å². The fraction of sp³-hybridized carbons (Fsp3) is 0.105. The minimum Gasteiger partial charge on any atom is -0.496 e. The number of halogens is 2. The lowest BCUT2D eigenvalue weighted by molar-refractivity contribution is -0.122. The molecule has 1 aliphatic rings. The van der Waals surface area contributed by atoms with E-state index < -0.39 is 11.8 Å². The molecule has 1 saturated heterocycles. The summed E-state index contributed by atoms with van der Waals surface area (Å²) in [5.74, 6) is -0.0741. The van der Waals surface area contributed by atoms with Gasteiger partial charge in [0.05, 0.1) is 24.4 Å². The van der Waals surface area contributed by atoms with Crippen molar-refractivity contribution in [2.45, 2.75) is 0 Å². The third kappa shape index (κ3) is 3.96. The largest absolute Gasteiger partial charge is 0.496 e. The molecule has 0 aromatic heterocycles. The molecule has 0 saturated carbocycles. The summed E-state index contributed by atoms with van der Waals surface area (Å²) >= 11 is 12.0. The van der Waals surface area contributed by atoms with Crippen LogP contribution in [0.15, 0.2) is 50.9 Å². The predicted molar refractivity (Wildman–Crippen MR) is 118 cm³/mol. The van der Waals surface area contributed by atoms with Gasteiger partial charge < -0.3 is 9.47 Å². The van der Waals surface area contributed by atoms with E-state index in [2.05, 4.69) is 37.2 Å². The fourth-order valence-corrected chi connectivity index (χ4v) is 3.70. The molecule has 0 atom stereocenters. The van der Waals surface area contributed by atoms with Crippen molar-refractivity contribution < 1.29 is 19.1 Å². The van der Waals surface area contributed by atoms with E-state index in [4.69, 9.17) is 21.7 Å². The van der Waals surface area contributed by atoms with Crippen LogP contribution in [0.3, 0.4) is 0 Å². The van der Waals surface area contributed by atoms with E-state index in [9.17, 15) is 9.59 Å². The van der Waals surface area contributed by atoms with Crippen LogP contribution < -0.4 is 19.7 Å². The van der Waals surface area contributed by atoms with Gasteiger partial charge in [0, 0.05) is 16.1 Å². The highest BCUT2D eigenvalue weighted by molar-refractivity contribution is 9.10. The Kier molecular flexibility index (Phi) is 6.17. The smallest absolute Gasteiger partial charge is 0.270 e. The minimum absolute atomic E-state index is 0.0253. The van der Waals surface area contributed by atoms with E-state index in [0.717, 1.165) is 4.47 Å². The highest BCUT2D eigenvalue weighted by atomic mass is 79.9. The first kappa shape index (κ1) is 20.5. The van der Waals surface area contributed by atoms with Crippen molar-refractivity contribution in [3.8, 4) is 11.5 Å². The molecule has 144 valence electrons. The molecule has 0 unspecified atom stereocenters. The molecule has 2 aromatic rings. The number of hydrogen-bond acceptors (Lipinski definition) is 5. The maximum absolute atomic E-state index is 13.1. The summed E-state index contributed by atoms with van der Waals surface area (Å²) in [6.07, 6.45) is 1.47. The molecule has 1 fully saturated rings. The van der Waals surface area contributed by atoms with Crippen molar-refractivity contribution in [1.82, 2.24) is 5.32 Å². The first-order valence-electron chi connectivity index (χ1n) is 7.94. The Morgan fingerprint density at radius 2 is 1.68 bits per heavy atom. The van der Waals surface area contributed by atoms with Gasteiger partial charge in [0.25, 0.3) is 11.8 Å². The van der Waals surface area contributed by atoms with Gasteiger partial charge in [0.15, 0.2) is 5.11 Å². The Labute approximate surface area is 183 Å². The standard InChI is InChI=1S/C19H14Br2N2O4S/c1-26-15-9-16(27-2)14(21)8-10(15)7-13-17(24)22-19(28)23(18(13)25)12-5-3-11(20)4-6-12/h3-9H,1-2H3,(H,22,24,28)/b13-7+. The fourth-order valence-electron chi connectivity index (χ4n) is 2.63. The Bertz CT molecular complexity index is 1010. The van der Waals surface area contributed by atoms with Crippen LogP contribution in [0.5, 0.6) is 11.5 Å². The van der Waals surface area contributed by atoms with E-state index in [1.54, 1.807) is 36.4 Å². The zero-order valence-electron chi connectivity index (χ0n) is 14.8. The number of hydrogen-bond donors (Lipinski definition) is 1. The molecule has 1 N–H and O–H groups in total. The van der Waals surface area contributed by atoms with Crippen LogP contribution in [0.2, 0.25) is 0 Å². The normalized spacial score (nSPS) is 15.6. The molecule has 9 heteroatoms. The van der Waals surface area contributed by atoms with Crippen molar-refractivity contribution >= 4 is 72.8 Å². The van der Waals surface area contributed by atoms with Crippen LogP contribution in [-0.4, -0.2) is 31.1 Å². The van der Waals surface area contributed by atoms with Gasteiger partial charge in [-0.2, -0.15) is 0 Å². The Morgan fingerprint density at radius 1 is 1.04 bits per heavy atom. The summed E-state index contributed by atoms with van der Waals surface area (Å²) in [6.45, 7) is 0. The summed E-state index contributed by atoms with van der Waals surface area (Å²) in [4.78, 5) is 26.8. The molecule has 0 bridgehead atoms. The number of ether oxygens (including phenoxy) is 2. The summed E-state index contributed by atoms with van der Waals surface area (Å²) in [5.41, 5.74) is 1.02. The molecule has 2 aromatic carbocycles. The van der Waals surface area contributed by atoms with E-state index in [1.165, 1.54) is 25.2 Å². The number of nitrogens with zero attached hydrogens (tertiary/aromatic N) is 1. The van der Waals surface area contributed by atoms with Gasteiger partial charge in [-0.15, -0.1) is 0 Å². The zero-order valence-corrected chi connectivity index (χ0v) is 18.8. The molecule has 28 heavy (non-hydrogen) atoms. The van der Waals surface area contributed by atoms with Crippen molar-refractivity contribution in [1.29, 1.82) is 0 Å². The lowest BCUT2D eigenvalue weighted by Crippen LogP contribution is -2.54. The molecule has 2 amide bonds. The van der Waals surface area contributed by atoms with Crippen molar-refractivity contribution in [2.24, 2.45) is 0 Å².